The molecule has 156 valence electrons. The molecular formula is C20H19N3O7. The molecule has 3 rings (SSSR count). The number of benzene rings is 2. The lowest BCUT2D eigenvalue weighted by atomic mass is 10.1. The third kappa shape index (κ3) is 4.54. The molecule has 0 aliphatic carbocycles. The van der Waals surface area contributed by atoms with Gasteiger partial charge in [0.15, 0.2) is 12.2 Å². The number of nitro benzene ring substituents is 1. The van der Waals surface area contributed by atoms with E-state index in [1.54, 1.807) is 38.1 Å². The molecule has 0 bridgehead atoms. The van der Waals surface area contributed by atoms with Gasteiger partial charge >= 0.3 is 11.7 Å². The number of nitrogens with zero attached hydrogens (tertiary/aromatic N) is 2. The fraction of sp³-hybridized carbons (Fsp3) is 0.250. The molecule has 0 unspecified atom stereocenters. The third-order valence-corrected chi connectivity index (χ3v) is 4.56. The molecule has 0 spiro atoms. The van der Waals surface area contributed by atoms with Crippen LogP contribution in [0.4, 0.5) is 11.4 Å². The molecule has 0 saturated carbocycles. The molecule has 2 aromatic carbocycles. The van der Waals surface area contributed by atoms with E-state index >= 15 is 0 Å². The van der Waals surface area contributed by atoms with E-state index in [1.807, 2.05) is 0 Å². The van der Waals surface area contributed by atoms with Crippen LogP contribution in [0.25, 0.3) is 11.1 Å². The first-order valence-electron chi connectivity index (χ1n) is 9.05. The van der Waals surface area contributed by atoms with Crippen LogP contribution < -0.4 is 11.1 Å². The van der Waals surface area contributed by atoms with Crippen molar-refractivity contribution in [1.82, 2.24) is 4.57 Å². The van der Waals surface area contributed by atoms with Crippen LogP contribution in [-0.4, -0.2) is 28.0 Å². The van der Waals surface area contributed by atoms with Gasteiger partial charge in [-0.1, -0.05) is 12.1 Å². The zero-order valence-electron chi connectivity index (χ0n) is 16.3. The second kappa shape index (κ2) is 8.60. The summed E-state index contributed by atoms with van der Waals surface area (Å²) in [5, 5.41) is 13.6. The first kappa shape index (κ1) is 20.8. The number of hydrogen-bond acceptors (Lipinski definition) is 7. The van der Waals surface area contributed by atoms with Gasteiger partial charge in [0.1, 0.15) is 5.69 Å². The average molecular weight is 413 g/mol. The fourth-order valence-corrected chi connectivity index (χ4v) is 2.89. The number of nitrogens with one attached hydrogen (secondary N) is 1. The number of carbonyl (C=O) groups excluding carboxylic acids is 2. The van der Waals surface area contributed by atoms with Crippen LogP contribution in [0.3, 0.4) is 0 Å². The molecular weight excluding hydrogens is 394 g/mol. The molecule has 0 atom stereocenters. The second-order valence-corrected chi connectivity index (χ2v) is 6.66. The zero-order chi connectivity index (χ0) is 21.8. The predicted octanol–water partition coefficient (Wildman–Crippen LogP) is 2.69. The Labute approximate surface area is 170 Å². The number of carbonyl (C=O) groups is 2. The second-order valence-electron chi connectivity index (χ2n) is 6.66. The van der Waals surface area contributed by atoms with Gasteiger partial charge in [-0.15, -0.1) is 0 Å². The summed E-state index contributed by atoms with van der Waals surface area (Å²) in [4.78, 5) is 46.5. The van der Waals surface area contributed by atoms with Crippen molar-refractivity contribution in [2.45, 2.75) is 26.8 Å². The molecule has 10 heteroatoms. The van der Waals surface area contributed by atoms with Crippen LogP contribution in [0, 0.1) is 24.0 Å². The predicted molar refractivity (Wildman–Crippen MR) is 107 cm³/mol. The van der Waals surface area contributed by atoms with Crippen molar-refractivity contribution in [3.05, 3.63) is 68.2 Å². The number of aromatic nitrogens is 1. The quantitative estimate of drug-likeness (QED) is 0.357. The van der Waals surface area contributed by atoms with Crippen molar-refractivity contribution in [2.75, 3.05) is 11.9 Å². The van der Waals surface area contributed by atoms with Crippen LogP contribution >= 0.6 is 0 Å². The van der Waals surface area contributed by atoms with Crippen LogP contribution in [-0.2, 0) is 20.9 Å². The molecule has 1 aromatic heterocycles. The topological polar surface area (TPSA) is 134 Å². The molecule has 0 aliphatic heterocycles. The van der Waals surface area contributed by atoms with E-state index in [0.717, 1.165) is 5.56 Å². The highest BCUT2D eigenvalue weighted by Gasteiger charge is 2.18. The van der Waals surface area contributed by atoms with Crippen molar-refractivity contribution >= 4 is 34.4 Å². The van der Waals surface area contributed by atoms with Crippen LogP contribution in [0.5, 0.6) is 0 Å². The van der Waals surface area contributed by atoms with E-state index in [4.69, 9.17) is 9.15 Å². The number of amides is 1. The number of fused-ring (bicyclic) bond motifs is 1. The number of rotatable bonds is 7. The Morgan fingerprint density at radius 1 is 1.20 bits per heavy atom. The van der Waals surface area contributed by atoms with Crippen LogP contribution in [0.2, 0.25) is 0 Å². The lowest BCUT2D eigenvalue weighted by molar-refractivity contribution is -0.384. The molecule has 1 heterocycles. The molecule has 0 radical (unpaired) electrons. The van der Waals surface area contributed by atoms with E-state index in [2.05, 4.69) is 5.32 Å². The molecule has 0 saturated heterocycles. The summed E-state index contributed by atoms with van der Waals surface area (Å²) in [7, 11) is 0. The zero-order valence-corrected chi connectivity index (χ0v) is 16.3. The Bertz CT molecular complexity index is 1190. The summed E-state index contributed by atoms with van der Waals surface area (Å²) in [5.74, 6) is -2.00. The fourth-order valence-electron chi connectivity index (χ4n) is 2.89. The summed E-state index contributed by atoms with van der Waals surface area (Å²) in [6.45, 7) is 2.91. The maximum atomic E-state index is 12.1. The number of para-hydroxylation sites is 2. The van der Waals surface area contributed by atoms with E-state index in [-0.39, 0.29) is 24.3 Å². The maximum Gasteiger partial charge on any atom is 0.419 e. The normalized spacial score (nSPS) is 10.7. The highest BCUT2D eigenvalue weighted by molar-refractivity contribution is 5.95. The van der Waals surface area contributed by atoms with Gasteiger partial charge in [0.05, 0.1) is 16.9 Å². The SMILES string of the molecule is Cc1cc(NC(=O)COC(=O)CCn2c(=O)oc3ccccc32)c([N+](=O)[O-])cc1C. The number of ether oxygens (including phenoxy) is 1. The van der Waals surface area contributed by atoms with Gasteiger partial charge in [-0.3, -0.25) is 24.3 Å². The monoisotopic (exact) mass is 413 g/mol. The van der Waals surface area contributed by atoms with Crippen molar-refractivity contribution in [2.24, 2.45) is 0 Å². The standard InChI is InChI=1S/C20H19N3O7/c1-12-9-14(16(23(27)28)10-13(12)2)21-18(24)11-29-19(25)7-8-22-15-5-3-4-6-17(15)30-20(22)26/h3-6,9-10H,7-8,11H2,1-2H3,(H,21,24). The largest absolute Gasteiger partial charge is 0.456 e. The van der Waals surface area contributed by atoms with Gasteiger partial charge in [-0.05, 0) is 43.2 Å². The molecule has 3 aromatic rings. The lowest BCUT2D eigenvalue weighted by Gasteiger charge is -2.09. The van der Waals surface area contributed by atoms with Gasteiger partial charge < -0.3 is 14.5 Å². The Morgan fingerprint density at radius 3 is 2.63 bits per heavy atom. The Morgan fingerprint density at radius 2 is 1.90 bits per heavy atom. The first-order valence-corrected chi connectivity index (χ1v) is 9.05. The molecule has 1 amide bonds. The Kier molecular flexibility index (Phi) is 5.95. The van der Waals surface area contributed by atoms with E-state index in [9.17, 15) is 24.5 Å². The molecule has 30 heavy (non-hydrogen) atoms. The van der Waals surface area contributed by atoms with Gasteiger partial charge in [-0.25, -0.2) is 4.79 Å². The number of nitro groups is 1. The van der Waals surface area contributed by atoms with Crippen molar-refractivity contribution in [1.29, 1.82) is 0 Å². The van der Waals surface area contributed by atoms with E-state index in [1.165, 1.54) is 16.7 Å². The minimum absolute atomic E-state index is 0.0267. The summed E-state index contributed by atoms with van der Waals surface area (Å²) < 4.78 is 11.3. The van der Waals surface area contributed by atoms with Gasteiger partial charge in [0, 0.05) is 12.6 Å². The van der Waals surface area contributed by atoms with Crippen molar-refractivity contribution in [3.8, 4) is 0 Å². The summed E-state index contributed by atoms with van der Waals surface area (Å²) in [6.07, 6.45) is -0.152. The molecule has 10 nitrogen and oxygen atoms in total. The summed E-state index contributed by atoms with van der Waals surface area (Å²) in [6, 6.07) is 9.65. The maximum absolute atomic E-state index is 12.1. The average Bonchev–Trinajstić information content (AvgIpc) is 3.02. The number of oxazole rings is 1. The number of hydrogen-bond donors (Lipinski definition) is 1. The minimum atomic E-state index is -0.708. The number of aryl methyl sites for hydroxylation is 3. The smallest absolute Gasteiger partial charge is 0.419 e. The van der Waals surface area contributed by atoms with Gasteiger partial charge in [0.25, 0.3) is 11.6 Å². The summed E-state index contributed by atoms with van der Waals surface area (Å²) in [5.41, 5.74) is 2.23. The van der Waals surface area contributed by atoms with Gasteiger partial charge in [-0.2, -0.15) is 0 Å². The molecule has 0 aliphatic rings. The number of anilines is 1. The van der Waals surface area contributed by atoms with Crippen molar-refractivity contribution < 1.29 is 23.7 Å². The lowest BCUT2D eigenvalue weighted by Crippen LogP contribution is -2.23. The van der Waals surface area contributed by atoms with Crippen LogP contribution in [0.15, 0.2) is 45.6 Å². The van der Waals surface area contributed by atoms with E-state index < -0.39 is 29.2 Å². The highest BCUT2D eigenvalue weighted by atomic mass is 16.6. The third-order valence-electron chi connectivity index (χ3n) is 4.56. The molecule has 0 fully saturated rings. The molecule has 1 N–H and O–H groups in total. The Hall–Kier alpha value is -3.95. The first-order chi connectivity index (χ1) is 14.3. The van der Waals surface area contributed by atoms with Gasteiger partial charge in [0.2, 0.25) is 0 Å². The Balaban J connectivity index is 1.57. The van der Waals surface area contributed by atoms with Crippen LogP contribution in [0.1, 0.15) is 17.5 Å². The summed E-state index contributed by atoms with van der Waals surface area (Å²) >= 11 is 0. The highest BCUT2D eigenvalue weighted by Crippen LogP contribution is 2.27. The van der Waals surface area contributed by atoms with Crippen molar-refractivity contribution in [3.63, 3.8) is 0 Å². The van der Waals surface area contributed by atoms with E-state index in [0.29, 0.717) is 16.7 Å². The minimum Gasteiger partial charge on any atom is -0.456 e. The number of esters is 1.